The number of hydrogen-bond donors (Lipinski definition) is 2. The lowest BCUT2D eigenvalue weighted by atomic mass is 10.1. The summed E-state index contributed by atoms with van der Waals surface area (Å²) in [6.45, 7) is 0. The first-order valence-electron chi connectivity index (χ1n) is 7.82. The third-order valence-corrected chi connectivity index (χ3v) is 3.90. The normalized spacial score (nSPS) is 11.9. The molecule has 0 spiro atoms. The third-order valence-electron chi connectivity index (χ3n) is 3.90. The molecule has 1 aromatic heterocycles. The van der Waals surface area contributed by atoms with Gasteiger partial charge in [-0.05, 0) is 42.0 Å². The first-order chi connectivity index (χ1) is 12.5. The van der Waals surface area contributed by atoms with Gasteiger partial charge in [-0.1, -0.05) is 12.1 Å². The Morgan fingerprint density at radius 2 is 1.92 bits per heavy atom. The summed E-state index contributed by atoms with van der Waals surface area (Å²) in [5.41, 5.74) is 1.08. The maximum Gasteiger partial charge on any atom is 0.326 e. The summed E-state index contributed by atoms with van der Waals surface area (Å²) in [6.07, 6.45) is 0.0232. The van der Waals surface area contributed by atoms with Gasteiger partial charge in [0.05, 0.1) is 7.11 Å². The third kappa shape index (κ3) is 3.83. The van der Waals surface area contributed by atoms with Crippen molar-refractivity contribution < 1.29 is 28.2 Å². The number of ether oxygens (including phenoxy) is 1. The van der Waals surface area contributed by atoms with E-state index in [2.05, 4.69) is 5.32 Å². The molecule has 0 aliphatic carbocycles. The SMILES string of the molecule is COc1ccc2oc(C(=O)N[C@@H](Cc3ccc(F)cc3)C(=O)O)cc2c1. The second kappa shape index (κ2) is 7.26. The van der Waals surface area contributed by atoms with Gasteiger partial charge in [0, 0.05) is 11.8 Å². The van der Waals surface area contributed by atoms with Gasteiger partial charge in [-0.15, -0.1) is 0 Å². The Hall–Kier alpha value is -3.35. The molecule has 0 radical (unpaired) electrons. The topological polar surface area (TPSA) is 88.8 Å². The van der Waals surface area contributed by atoms with Crippen LogP contribution in [0.4, 0.5) is 4.39 Å². The highest BCUT2D eigenvalue weighted by molar-refractivity contribution is 5.98. The van der Waals surface area contributed by atoms with Gasteiger partial charge in [-0.3, -0.25) is 4.79 Å². The van der Waals surface area contributed by atoms with Crippen molar-refractivity contribution >= 4 is 22.8 Å². The first kappa shape index (κ1) is 17.5. The highest BCUT2D eigenvalue weighted by Gasteiger charge is 2.23. The molecule has 6 nitrogen and oxygen atoms in total. The molecule has 2 aromatic carbocycles. The minimum Gasteiger partial charge on any atom is -0.497 e. The molecule has 0 fully saturated rings. The first-order valence-corrected chi connectivity index (χ1v) is 7.82. The van der Waals surface area contributed by atoms with E-state index in [-0.39, 0.29) is 12.2 Å². The molecule has 0 aliphatic heterocycles. The van der Waals surface area contributed by atoms with Crippen molar-refractivity contribution in [1.82, 2.24) is 5.32 Å². The van der Waals surface area contributed by atoms with Crippen LogP contribution in [-0.2, 0) is 11.2 Å². The van der Waals surface area contributed by atoms with E-state index < -0.39 is 23.7 Å². The average molecular weight is 357 g/mol. The van der Waals surface area contributed by atoms with Crippen LogP contribution in [0.1, 0.15) is 16.1 Å². The average Bonchev–Trinajstić information content (AvgIpc) is 3.06. The summed E-state index contributed by atoms with van der Waals surface area (Å²) < 4.78 is 23.5. The predicted octanol–water partition coefficient (Wildman–Crippen LogP) is 3.01. The van der Waals surface area contributed by atoms with Gasteiger partial charge in [-0.25, -0.2) is 9.18 Å². The van der Waals surface area contributed by atoms with Crippen LogP contribution in [0.5, 0.6) is 5.75 Å². The van der Waals surface area contributed by atoms with Gasteiger partial charge in [0.2, 0.25) is 0 Å². The minimum atomic E-state index is -1.19. The van der Waals surface area contributed by atoms with Crippen LogP contribution in [0.2, 0.25) is 0 Å². The maximum atomic E-state index is 13.0. The van der Waals surface area contributed by atoms with Crippen molar-refractivity contribution in [2.75, 3.05) is 7.11 Å². The standard InChI is InChI=1S/C19H16FNO5/c1-25-14-6-7-16-12(9-14)10-17(26-16)18(22)21-15(19(23)24)8-11-2-4-13(20)5-3-11/h2-7,9-10,15H,8H2,1H3,(H,21,22)(H,23,24)/t15-/m0/s1. The highest BCUT2D eigenvalue weighted by Crippen LogP contribution is 2.24. The number of aliphatic carboxylic acids is 1. The molecule has 26 heavy (non-hydrogen) atoms. The molecule has 3 rings (SSSR count). The van der Waals surface area contributed by atoms with Crippen molar-refractivity contribution in [3.8, 4) is 5.75 Å². The Labute approximate surface area is 148 Å². The largest absolute Gasteiger partial charge is 0.497 e. The fourth-order valence-corrected chi connectivity index (χ4v) is 2.55. The van der Waals surface area contributed by atoms with Crippen molar-refractivity contribution in [3.05, 3.63) is 65.7 Å². The van der Waals surface area contributed by atoms with Crippen molar-refractivity contribution in [3.63, 3.8) is 0 Å². The summed E-state index contributed by atoms with van der Waals surface area (Å²) in [6, 6.07) is 10.9. The second-order valence-electron chi connectivity index (χ2n) is 5.71. The number of carbonyl (C=O) groups excluding carboxylic acids is 1. The highest BCUT2D eigenvalue weighted by atomic mass is 19.1. The summed E-state index contributed by atoms with van der Waals surface area (Å²) >= 11 is 0. The smallest absolute Gasteiger partial charge is 0.326 e. The van der Waals surface area contributed by atoms with E-state index in [0.29, 0.717) is 22.3 Å². The fourth-order valence-electron chi connectivity index (χ4n) is 2.55. The number of halogens is 1. The quantitative estimate of drug-likeness (QED) is 0.708. The summed E-state index contributed by atoms with van der Waals surface area (Å²) in [5.74, 6) is -1.64. The van der Waals surface area contributed by atoms with Gasteiger partial charge in [0.15, 0.2) is 5.76 Å². The van der Waals surface area contributed by atoms with Gasteiger partial charge < -0.3 is 19.6 Å². The van der Waals surface area contributed by atoms with Gasteiger partial charge in [0.25, 0.3) is 5.91 Å². The van der Waals surface area contributed by atoms with Crippen LogP contribution in [0.25, 0.3) is 11.0 Å². The molecular formula is C19H16FNO5. The molecule has 3 aromatic rings. The second-order valence-corrected chi connectivity index (χ2v) is 5.71. The van der Waals surface area contributed by atoms with Crippen molar-refractivity contribution in [2.45, 2.75) is 12.5 Å². The van der Waals surface area contributed by atoms with Crippen LogP contribution >= 0.6 is 0 Å². The Morgan fingerprint density at radius 3 is 2.58 bits per heavy atom. The monoisotopic (exact) mass is 357 g/mol. The van der Waals surface area contributed by atoms with Gasteiger partial charge >= 0.3 is 5.97 Å². The van der Waals surface area contributed by atoms with E-state index in [1.807, 2.05) is 0 Å². The molecule has 1 atom stereocenters. The molecule has 2 N–H and O–H groups in total. The Balaban J connectivity index is 1.77. The van der Waals surface area contributed by atoms with Crippen LogP contribution < -0.4 is 10.1 Å². The van der Waals surface area contributed by atoms with Crippen molar-refractivity contribution in [1.29, 1.82) is 0 Å². The lowest BCUT2D eigenvalue weighted by Gasteiger charge is -2.13. The lowest BCUT2D eigenvalue weighted by Crippen LogP contribution is -2.42. The molecule has 0 aliphatic rings. The van der Waals surface area contributed by atoms with Crippen molar-refractivity contribution in [2.24, 2.45) is 0 Å². The number of carbonyl (C=O) groups is 2. The number of hydrogen-bond acceptors (Lipinski definition) is 4. The summed E-state index contributed by atoms with van der Waals surface area (Å²) in [7, 11) is 1.53. The number of furan rings is 1. The van der Waals surface area contributed by atoms with E-state index in [1.54, 1.807) is 18.2 Å². The van der Waals surface area contributed by atoms with E-state index in [4.69, 9.17) is 9.15 Å². The molecule has 7 heteroatoms. The molecule has 0 unspecified atom stereocenters. The molecule has 0 saturated carbocycles. The van der Waals surface area contributed by atoms with Crippen LogP contribution in [-0.4, -0.2) is 30.1 Å². The number of methoxy groups -OCH3 is 1. The van der Waals surface area contributed by atoms with Crippen LogP contribution in [0.3, 0.4) is 0 Å². The number of carboxylic acid groups (broad SMARTS) is 1. The number of nitrogens with one attached hydrogen (secondary N) is 1. The van der Waals surface area contributed by atoms with Gasteiger partial charge in [-0.2, -0.15) is 0 Å². The zero-order valence-electron chi connectivity index (χ0n) is 13.9. The number of carboxylic acids is 1. The summed E-state index contributed by atoms with van der Waals surface area (Å²) in [4.78, 5) is 23.8. The molecular weight excluding hydrogens is 341 g/mol. The van der Waals surface area contributed by atoms with Crippen LogP contribution in [0.15, 0.2) is 52.9 Å². The van der Waals surface area contributed by atoms with E-state index in [9.17, 15) is 19.1 Å². The maximum absolute atomic E-state index is 13.0. The number of rotatable bonds is 6. The van der Waals surface area contributed by atoms with Crippen LogP contribution in [0, 0.1) is 5.82 Å². The zero-order valence-corrected chi connectivity index (χ0v) is 13.9. The fraction of sp³-hybridized carbons (Fsp3) is 0.158. The Kier molecular flexibility index (Phi) is 4.88. The summed E-state index contributed by atoms with van der Waals surface area (Å²) in [5, 5.41) is 12.5. The molecule has 1 heterocycles. The molecule has 0 bridgehead atoms. The van der Waals surface area contributed by atoms with E-state index in [1.165, 1.54) is 37.4 Å². The minimum absolute atomic E-state index is 0.00129. The van der Waals surface area contributed by atoms with E-state index in [0.717, 1.165) is 0 Å². The lowest BCUT2D eigenvalue weighted by molar-refractivity contribution is -0.139. The molecule has 134 valence electrons. The Bertz CT molecular complexity index is 948. The number of amides is 1. The zero-order chi connectivity index (χ0) is 18.7. The van der Waals surface area contributed by atoms with E-state index >= 15 is 0 Å². The Morgan fingerprint density at radius 1 is 1.19 bits per heavy atom. The number of fused-ring (bicyclic) bond motifs is 1. The number of benzene rings is 2. The molecule has 0 saturated heterocycles. The van der Waals surface area contributed by atoms with Gasteiger partial charge in [0.1, 0.15) is 23.2 Å². The predicted molar refractivity (Wildman–Crippen MR) is 91.8 cm³/mol. The molecule has 1 amide bonds.